The summed E-state index contributed by atoms with van der Waals surface area (Å²) in [5.41, 5.74) is 1.46. The van der Waals surface area contributed by atoms with Crippen molar-refractivity contribution in [2.75, 3.05) is 10.2 Å². The molecule has 3 aromatic carbocycles. The van der Waals surface area contributed by atoms with E-state index in [1.807, 2.05) is 50.2 Å². The molecule has 0 bridgehead atoms. The number of hydrogen-bond acceptors (Lipinski definition) is 4. The van der Waals surface area contributed by atoms with Gasteiger partial charge >= 0.3 is 6.18 Å². The van der Waals surface area contributed by atoms with Crippen LogP contribution >= 0.6 is 11.8 Å². The number of rotatable bonds is 5. The molecule has 0 saturated heterocycles. The summed E-state index contributed by atoms with van der Waals surface area (Å²) < 4.78 is 39.7. The second-order valence-corrected chi connectivity index (χ2v) is 8.64. The van der Waals surface area contributed by atoms with Gasteiger partial charge in [0.1, 0.15) is 10.6 Å². The van der Waals surface area contributed by atoms with E-state index in [0.717, 1.165) is 44.8 Å². The van der Waals surface area contributed by atoms with Crippen molar-refractivity contribution in [3.8, 4) is 0 Å². The van der Waals surface area contributed by atoms with Gasteiger partial charge in [-0.05, 0) is 55.8 Å². The molecule has 0 aliphatic carbocycles. The highest BCUT2D eigenvalue weighted by Gasteiger charge is 2.41. The third-order valence-corrected chi connectivity index (χ3v) is 6.21. The first-order valence-electron chi connectivity index (χ1n) is 10.0. The highest BCUT2D eigenvalue weighted by atomic mass is 32.2. The molecule has 2 amide bonds. The topological polar surface area (TPSA) is 49.4 Å². The maximum absolute atomic E-state index is 13.3. The summed E-state index contributed by atoms with van der Waals surface area (Å²) in [4.78, 5) is 28.3. The van der Waals surface area contributed by atoms with Crippen LogP contribution in [-0.4, -0.2) is 11.8 Å². The molecule has 0 atom stereocenters. The van der Waals surface area contributed by atoms with Crippen molar-refractivity contribution in [2.45, 2.75) is 24.9 Å². The summed E-state index contributed by atoms with van der Waals surface area (Å²) in [5.74, 6) is -1.39. The first-order valence-corrected chi connectivity index (χ1v) is 10.8. The van der Waals surface area contributed by atoms with Gasteiger partial charge < -0.3 is 5.32 Å². The van der Waals surface area contributed by atoms with E-state index in [2.05, 4.69) is 5.32 Å². The van der Waals surface area contributed by atoms with Gasteiger partial charge in [0.2, 0.25) is 0 Å². The van der Waals surface area contributed by atoms with Gasteiger partial charge in [0.05, 0.1) is 11.3 Å². The lowest BCUT2D eigenvalue weighted by molar-refractivity contribution is -0.137. The Morgan fingerprint density at radius 3 is 2.21 bits per heavy atom. The molecular formula is C25H19F3N2O2S. The number of nitrogens with one attached hydrogen (secondary N) is 1. The number of nitrogens with zero attached hydrogens (tertiary/aromatic N) is 1. The molecule has 1 heterocycles. The SMILES string of the molecule is Cc1ccc(SC2=C(Nc3ccccc3C)C(=O)N(c3cccc(C(F)(F)F)c3)C2=O)cc1. The molecule has 0 spiro atoms. The van der Waals surface area contributed by atoms with Crippen LogP contribution in [0.3, 0.4) is 0 Å². The van der Waals surface area contributed by atoms with Gasteiger partial charge in [0, 0.05) is 10.6 Å². The van der Waals surface area contributed by atoms with Gasteiger partial charge in [-0.3, -0.25) is 9.59 Å². The molecule has 0 unspecified atom stereocenters. The number of aryl methyl sites for hydroxylation is 2. The molecule has 8 heteroatoms. The predicted molar refractivity (Wildman–Crippen MR) is 123 cm³/mol. The average Bonchev–Trinajstić information content (AvgIpc) is 3.00. The van der Waals surface area contributed by atoms with Crippen molar-refractivity contribution in [3.63, 3.8) is 0 Å². The van der Waals surface area contributed by atoms with E-state index in [0.29, 0.717) is 5.69 Å². The van der Waals surface area contributed by atoms with Gasteiger partial charge in [-0.25, -0.2) is 4.90 Å². The highest BCUT2D eigenvalue weighted by Crippen LogP contribution is 2.39. The van der Waals surface area contributed by atoms with Gasteiger partial charge in [0.15, 0.2) is 0 Å². The lowest BCUT2D eigenvalue weighted by atomic mass is 10.2. The van der Waals surface area contributed by atoms with Crippen molar-refractivity contribution in [2.24, 2.45) is 0 Å². The summed E-state index contributed by atoms with van der Waals surface area (Å²) in [5, 5.41) is 3.04. The predicted octanol–water partition coefficient (Wildman–Crippen LogP) is 6.31. The largest absolute Gasteiger partial charge is 0.416 e. The zero-order valence-electron chi connectivity index (χ0n) is 17.7. The average molecular weight is 469 g/mol. The molecule has 4 rings (SSSR count). The maximum Gasteiger partial charge on any atom is 0.416 e. The lowest BCUT2D eigenvalue weighted by Crippen LogP contribution is -2.32. The number of halogens is 3. The van der Waals surface area contributed by atoms with E-state index in [1.165, 1.54) is 12.1 Å². The van der Waals surface area contributed by atoms with Gasteiger partial charge in [0.25, 0.3) is 11.8 Å². The van der Waals surface area contributed by atoms with Crippen LogP contribution in [0.4, 0.5) is 24.5 Å². The number of amides is 2. The van der Waals surface area contributed by atoms with Crippen molar-refractivity contribution in [1.29, 1.82) is 0 Å². The minimum absolute atomic E-state index is 0.0253. The number of carbonyl (C=O) groups is 2. The number of para-hydroxylation sites is 1. The van der Waals surface area contributed by atoms with Crippen molar-refractivity contribution in [1.82, 2.24) is 0 Å². The summed E-state index contributed by atoms with van der Waals surface area (Å²) in [6, 6.07) is 18.8. The summed E-state index contributed by atoms with van der Waals surface area (Å²) in [7, 11) is 0. The molecule has 1 aliphatic heterocycles. The van der Waals surface area contributed by atoms with Crippen molar-refractivity contribution in [3.05, 3.63) is 100 Å². The van der Waals surface area contributed by atoms with Crippen molar-refractivity contribution < 1.29 is 22.8 Å². The van der Waals surface area contributed by atoms with E-state index < -0.39 is 23.6 Å². The lowest BCUT2D eigenvalue weighted by Gasteiger charge is -2.17. The molecule has 168 valence electrons. The first kappa shape index (κ1) is 22.7. The van der Waals surface area contributed by atoms with Gasteiger partial charge in [-0.1, -0.05) is 53.7 Å². The molecule has 1 N–H and O–H groups in total. The Labute approximate surface area is 193 Å². The Morgan fingerprint density at radius 2 is 1.55 bits per heavy atom. The summed E-state index contributed by atoms with van der Waals surface area (Å²) >= 11 is 1.10. The smallest absolute Gasteiger partial charge is 0.350 e. The number of anilines is 2. The van der Waals surface area contributed by atoms with E-state index >= 15 is 0 Å². The van der Waals surface area contributed by atoms with Crippen LogP contribution in [0.5, 0.6) is 0 Å². The molecule has 0 radical (unpaired) electrons. The molecule has 1 aliphatic rings. The number of benzene rings is 3. The van der Waals surface area contributed by atoms with E-state index in [9.17, 15) is 22.8 Å². The fourth-order valence-corrected chi connectivity index (χ4v) is 4.27. The number of imide groups is 1. The Kier molecular flexibility index (Phi) is 6.03. The van der Waals surface area contributed by atoms with Crippen LogP contribution in [0.25, 0.3) is 0 Å². The van der Waals surface area contributed by atoms with Crippen LogP contribution in [0, 0.1) is 13.8 Å². The van der Waals surface area contributed by atoms with E-state index in [4.69, 9.17) is 0 Å². The number of alkyl halides is 3. The number of carbonyl (C=O) groups excluding carboxylic acids is 2. The fourth-order valence-electron chi connectivity index (χ4n) is 3.34. The van der Waals surface area contributed by atoms with Gasteiger partial charge in [-0.2, -0.15) is 13.2 Å². The molecule has 33 heavy (non-hydrogen) atoms. The minimum Gasteiger partial charge on any atom is -0.350 e. The zero-order valence-corrected chi connectivity index (χ0v) is 18.6. The van der Waals surface area contributed by atoms with Crippen LogP contribution in [0.2, 0.25) is 0 Å². The zero-order chi connectivity index (χ0) is 23.8. The molecule has 0 fully saturated rings. The number of thioether (sulfide) groups is 1. The quantitative estimate of drug-likeness (QED) is 0.446. The maximum atomic E-state index is 13.3. The number of hydrogen-bond donors (Lipinski definition) is 1. The summed E-state index contributed by atoms with van der Waals surface area (Å²) in [6.45, 7) is 3.78. The Hall–Kier alpha value is -3.52. The molecule has 0 saturated carbocycles. The monoisotopic (exact) mass is 468 g/mol. The summed E-state index contributed by atoms with van der Waals surface area (Å²) in [6.07, 6.45) is -4.60. The second-order valence-electron chi connectivity index (χ2n) is 7.55. The highest BCUT2D eigenvalue weighted by molar-refractivity contribution is 8.04. The minimum atomic E-state index is -4.60. The Bertz CT molecular complexity index is 1270. The van der Waals surface area contributed by atoms with Crippen LogP contribution in [-0.2, 0) is 15.8 Å². The Balaban J connectivity index is 1.77. The Morgan fingerprint density at radius 1 is 0.848 bits per heavy atom. The van der Waals surface area contributed by atoms with Crippen LogP contribution < -0.4 is 10.2 Å². The second kappa shape index (κ2) is 8.78. The standard InChI is InChI=1S/C25H19F3N2O2S/c1-15-10-12-19(13-11-15)33-22-21(29-20-9-4-3-6-16(20)2)23(31)30(24(22)32)18-8-5-7-17(14-18)25(26,27)28/h3-14,29H,1-2H3. The van der Waals surface area contributed by atoms with Crippen LogP contribution in [0.1, 0.15) is 16.7 Å². The molecule has 4 nitrogen and oxygen atoms in total. The third kappa shape index (κ3) is 4.66. The normalized spacial score (nSPS) is 14.3. The third-order valence-electron chi connectivity index (χ3n) is 5.12. The van der Waals surface area contributed by atoms with Crippen LogP contribution in [0.15, 0.2) is 88.3 Å². The molecule has 0 aromatic heterocycles. The van der Waals surface area contributed by atoms with Gasteiger partial charge in [-0.15, -0.1) is 0 Å². The van der Waals surface area contributed by atoms with E-state index in [-0.39, 0.29) is 16.3 Å². The molecular weight excluding hydrogens is 449 g/mol. The fraction of sp³-hybridized carbons (Fsp3) is 0.120. The first-order chi connectivity index (χ1) is 15.6. The van der Waals surface area contributed by atoms with Crippen molar-refractivity contribution >= 4 is 35.0 Å². The van der Waals surface area contributed by atoms with E-state index in [1.54, 1.807) is 12.1 Å². The molecule has 3 aromatic rings.